The van der Waals surface area contributed by atoms with Gasteiger partial charge in [-0.05, 0) is 51.0 Å². The highest BCUT2D eigenvalue weighted by molar-refractivity contribution is 5.96. The number of carbonyl (C=O) groups excluding carboxylic acids is 2. The van der Waals surface area contributed by atoms with E-state index in [0.717, 1.165) is 36.0 Å². The summed E-state index contributed by atoms with van der Waals surface area (Å²) in [4.78, 5) is 24.2. The molecule has 0 bridgehead atoms. The van der Waals surface area contributed by atoms with Crippen molar-refractivity contribution in [3.63, 3.8) is 0 Å². The highest BCUT2D eigenvalue weighted by Gasteiger charge is 2.22. The summed E-state index contributed by atoms with van der Waals surface area (Å²) in [5.74, 6) is 0.660. The molecular weight excluding hydrogens is 284 g/mol. The van der Waals surface area contributed by atoms with E-state index >= 15 is 0 Å². The lowest BCUT2D eigenvalue weighted by Gasteiger charge is -2.25. The predicted molar refractivity (Wildman–Crippen MR) is 97.3 cm³/mol. The lowest BCUT2D eigenvalue weighted by Crippen LogP contribution is -2.17. The van der Waals surface area contributed by atoms with Gasteiger partial charge in [-0.2, -0.15) is 0 Å². The average molecular weight is 316 g/mol. The van der Waals surface area contributed by atoms with Gasteiger partial charge >= 0.3 is 0 Å². The first kappa shape index (κ1) is 19.6. The molecule has 1 unspecified atom stereocenters. The van der Waals surface area contributed by atoms with Crippen LogP contribution in [0.2, 0.25) is 0 Å². The Kier molecular flexibility index (Phi) is 7.18. The Hall–Kier alpha value is -1.44. The molecule has 0 saturated heterocycles. The normalized spacial score (nSPS) is 23.8. The largest absolute Gasteiger partial charge is 0.299 e. The summed E-state index contributed by atoms with van der Waals surface area (Å²) in [6, 6.07) is 0. The molecule has 0 aromatic rings. The van der Waals surface area contributed by atoms with Crippen LogP contribution < -0.4 is 0 Å². The Morgan fingerprint density at radius 1 is 1.26 bits per heavy atom. The van der Waals surface area contributed by atoms with Crippen molar-refractivity contribution in [3.8, 4) is 0 Å². The fourth-order valence-electron chi connectivity index (χ4n) is 2.73. The van der Waals surface area contributed by atoms with E-state index in [-0.39, 0.29) is 17.1 Å². The summed E-state index contributed by atoms with van der Waals surface area (Å²) in [5, 5.41) is 0. The average Bonchev–Trinajstić information content (AvgIpc) is 2.50. The van der Waals surface area contributed by atoms with E-state index in [1.807, 2.05) is 34.6 Å². The lowest BCUT2D eigenvalue weighted by atomic mass is 9.79. The quantitative estimate of drug-likeness (QED) is 0.633. The molecular formula is C21H32O2. The van der Waals surface area contributed by atoms with Crippen LogP contribution in [0.15, 0.2) is 34.9 Å². The lowest BCUT2D eigenvalue weighted by molar-refractivity contribution is -0.122. The van der Waals surface area contributed by atoms with Gasteiger partial charge in [-0.1, -0.05) is 50.1 Å². The fourth-order valence-corrected chi connectivity index (χ4v) is 2.73. The van der Waals surface area contributed by atoms with Gasteiger partial charge in [-0.25, -0.2) is 0 Å². The molecule has 1 atom stereocenters. The second-order valence-corrected chi connectivity index (χ2v) is 7.64. The molecule has 0 aromatic heterocycles. The molecule has 1 aliphatic rings. The number of ketones is 2. The van der Waals surface area contributed by atoms with Crippen molar-refractivity contribution in [3.05, 3.63) is 34.9 Å². The summed E-state index contributed by atoms with van der Waals surface area (Å²) in [7, 11) is 0. The minimum Gasteiger partial charge on any atom is -0.299 e. The van der Waals surface area contributed by atoms with Crippen molar-refractivity contribution >= 4 is 11.6 Å². The smallest absolute Gasteiger partial charge is 0.162 e. The fraction of sp³-hybridized carbons (Fsp3) is 0.619. The minimum absolute atomic E-state index is 0.0205. The topological polar surface area (TPSA) is 34.1 Å². The van der Waals surface area contributed by atoms with Crippen LogP contribution in [0, 0.1) is 11.3 Å². The van der Waals surface area contributed by atoms with E-state index in [1.54, 1.807) is 0 Å². The molecule has 2 heteroatoms. The van der Waals surface area contributed by atoms with E-state index in [1.165, 1.54) is 0 Å². The van der Waals surface area contributed by atoms with Crippen LogP contribution in [0.4, 0.5) is 0 Å². The van der Waals surface area contributed by atoms with Gasteiger partial charge < -0.3 is 0 Å². The van der Waals surface area contributed by atoms with Crippen LogP contribution in [0.25, 0.3) is 0 Å². The molecule has 0 aromatic carbocycles. The number of allylic oxidation sites excluding steroid dienone is 6. The van der Waals surface area contributed by atoms with Crippen molar-refractivity contribution in [2.45, 2.75) is 73.6 Å². The molecule has 0 saturated carbocycles. The van der Waals surface area contributed by atoms with E-state index < -0.39 is 0 Å². The minimum atomic E-state index is -0.0205. The first-order chi connectivity index (χ1) is 10.6. The molecule has 0 aliphatic heterocycles. The molecule has 0 radical (unpaired) electrons. The van der Waals surface area contributed by atoms with E-state index in [9.17, 15) is 9.59 Å². The summed E-state index contributed by atoms with van der Waals surface area (Å²) in [6.45, 7) is 12.1. The van der Waals surface area contributed by atoms with E-state index in [2.05, 4.69) is 25.2 Å². The third-order valence-electron chi connectivity index (χ3n) is 4.95. The molecule has 23 heavy (non-hydrogen) atoms. The molecule has 0 heterocycles. The molecule has 1 rings (SSSR count). The number of rotatable bonds is 4. The summed E-state index contributed by atoms with van der Waals surface area (Å²) >= 11 is 0. The monoisotopic (exact) mass is 316 g/mol. The van der Waals surface area contributed by atoms with Crippen molar-refractivity contribution in [1.29, 1.82) is 0 Å². The van der Waals surface area contributed by atoms with E-state index in [0.29, 0.717) is 18.6 Å². The Bertz CT molecular complexity index is 546. The molecule has 0 amide bonds. The maximum atomic E-state index is 12.2. The zero-order chi connectivity index (χ0) is 17.6. The van der Waals surface area contributed by atoms with Gasteiger partial charge in [0.1, 0.15) is 5.78 Å². The number of carbonyl (C=O) groups is 2. The number of Topliss-reactive ketones (excluding diaryl/α,β-unsaturated/α-hetero) is 2. The predicted octanol–water partition coefficient (Wildman–Crippen LogP) is 5.59. The number of hydrogen-bond donors (Lipinski definition) is 0. The van der Waals surface area contributed by atoms with Crippen molar-refractivity contribution in [1.82, 2.24) is 0 Å². The van der Waals surface area contributed by atoms with Crippen LogP contribution in [-0.2, 0) is 9.59 Å². The molecule has 1 aliphatic carbocycles. The van der Waals surface area contributed by atoms with Gasteiger partial charge in [0.25, 0.3) is 0 Å². The highest BCUT2D eigenvalue weighted by atomic mass is 16.1. The first-order valence-electron chi connectivity index (χ1n) is 8.70. The van der Waals surface area contributed by atoms with Crippen molar-refractivity contribution in [2.24, 2.45) is 11.3 Å². The third kappa shape index (κ3) is 6.29. The zero-order valence-electron chi connectivity index (χ0n) is 15.7. The second kappa shape index (κ2) is 8.42. The van der Waals surface area contributed by atoms with Crippen molar-refractivity contribution < 1.29 is 9.59 Å². The van der Waals surface area contributed by atoms with Crippen molar-refractivity contribution in [2.75, 3.05) is 0 Å². The van der Waals surface area contributed by atoms with Gasteiger partial charge in [0.05, 0.1) is 0 Å². The van der Waals surface area contributed by atoms with Gasteiger partial charge in [-0.15, -0.1) is 0 Å². The zero-order valence-corrected chi connectivity index (χ0v) is 15.7. The first-order valence-corrected chi connectivity index (χ1v) is 8.70. The van der Waals surface area contributed by atoms with Crippen LogP contribution >= 0.6 is 0 Å². The second-order valence-electron chi connectivity index (χ2n) is 7.64. The third-order valence-corrected chi connectivity index (χ3v) is 4.95. The number of hydrogen-bond acceptors (Lipinski definition) is 2. The Labute approximate surface area is 141 Å². The van der Waals surface area contributed by atoms with E-state index in [4.69, 9.17) is 0 Å². The molecule has 0 fully saturated rings. The van der Waals surface area contributed by atoms with Crippen LogP contribution in [0.3, 0.4) is 0 Å². The SMILES string of the molecule is CC1=CCC(C)(CCC(=O)C(C)C)C=CCC(C)=C(C)C(=O)C1. The molecule has 0 N–H and O–H groups in total. The summed E-state index contributed by atoms with van der Waals surface area (Å²) < 4.78 is 0. The maximum absolute atomic E-state index is 12.2. The van der Waals surface area contributed by atoms with Crippen LogP contribution in [-0.4, -0.2) is 11.6 Å². The van der Waals surface area contributed by atoms with Gasteiger partial charge in [0, 0.05) is 18.8 Å². The van der Waals surface area contributed by atoms with Crippen LogP contribution in [0.5, 0.6) is 0 Å². The standard InChI is InChI=1S/C21H32O2/c1-15(2)19(22)10-13-21(6)11-7-8-17(4)18(5)20(23)14-16(3)9-12-21/h7,9,11,15H,8,10,12-14H2,1-6H3. The summed E-state index contributed by atoms with van der Waals surface area (Å²) in [6.07, 6.45) is 10.3. The maximum Gasteiger partial charge on any atom is 0.162 e. The van der Waals surface area contributed by atoms with Crippen LogP contribution in [0.1, 0.15) is 73.6 Å². The molecule has 0 spiro atoms. The Morgan fingerprint density at radius 3 is 2.52 bits per heavy atom. The Balaban J connectivity index is 2.98. The molecule has 128 valence electrons. The van der Waals surface area contributed by atoms with Gasteiger partial charge in [-0.3, -0.25) is 9.59 Å². The molecule has 2 nitrogen and oxygen atoms in total. The summed E-state index contributed by atoms with van der Waals surface area (Å²) in [5.41, 5.74) is 3.13. The van der Waals surface area contributed by atoms with Gasteiger partial charge in [0.15, 0.2) is 5.78 Å². The Morgan fingerprint density at radius 2 is 1.91 bits per heavy atom. The van der Waals surface area contributed by atoms with Gasteiger partial charge in [0.2, 0.25) is 0 Å². The highest BCUT2D eigenvalue weighted by Crippen LogP contribution is 2.32.